The Kier molecular flexibility index (Phi) is 3.57. The van der Waals surface area contributed by atoms with Gasteiger partial charge in [0.05, 0.1) is 12.5 Å². The van der Waals surface area contributed by atoms with Crippen LogP contribution in [0.5, 0.6) is 0 Å². The average Bonchev–Trinajstić information content (AvgIpc) is 2.32. The first kappa shape index (κ1) is 11.1. The molecule has 1 atom stereocenters. The van der Waals surface area contributed by atoms with E-state index in [2.05, 4.69) is 12.1 Å². The second-order valence-electron chi connectivity index (χ2n) is 4.21. The lowest BCUT2D eigenvalue weighted by Crippen LogP contribution is -2.46. The van der Waals surface area contributed by atoms with Gasteiger partial charge in [-0.05, 0) is 24.9 Å². The summed E-state index contributed by atoms with van der Waals surface area (Å²) in [6, 6.07) is 10.5. The third-order valence-electron chi connectivity index (χ3n) is 3.10. The molecule has 0 aliphatic carbocycles. The number of β-lactam (4-membered cyclic amide) rings is 1. The van der Waals surface area contributed by atoms with Crippen molar-refractivity contribution in [2.75, 3.05) is 13.1 Å². The molecule has 3 heteroatoms. The molecule has 0 spiro atoms. The molecule has 1 saturated heterocycles. The molecule has 86 valence electrons. The molecule has 1 heterocycles. The van der Waals surface area contributed by atoms with Crippen molar-refractivity contribution in [2.24, 2.45) is 5.73 Å². The van der Waals surface area contributed by atoms with E-state index in [9.17, 15) is 4.79 Å². The molecular weight excluding hydrogens is 200 g/mol. The van der Waals surface area contributed by atoms with Gasteiger partial charge in [-0.15, -0.1) is 0 Å². The van der Waals surface area contributed by atoms with E-state index in [1.807, 2.05) is 23.1 Å². The molecule has 1 aromatic carbocycles. The number of carbonyl (C=O) groups is 1. The van der Waals surface area contributed by atoms with Crippen LogP contribution in [-0.2, 0) is 4.79 Å². The predicted octanol–water partition coefficient (Wildman–Crippen LogP) is 1.70. The van der Waals surface area contributed by atoms with Crippen LogP contribution in [0, 0.1) is 0 Å². The quantitative estimate of drug-likeness (QED) is 0.604. The fraction of sp³-hybridized carbons (Fsp3) is 0.462. The molecule has 2 N–H and O–H groups in total. The predicted molar refractivity (Wildman–Crippen MR) is 63.8 cm³/mol. The molecule has 1 aromatic rings. The fourth-order valence-corrected chi connectivity index (χ4v) is 2.13. The zero-order chi connectivity index (χ0) is 11.4. The van der Waals surface area contributed by atoms with Crippen molar-refractivity contribution < 1.29 is 4.79 Å². The lowest BCUT2D eigenvalue weighted by Gasteiger charge is -2.41. The number of benzene rings is 1. The summed E-state index contributed by atoms with van der Waals surface area (Å²) in [6.07, 6.45) is 2.66. The molecule has 1 unspecified atom stereocenters. The highest BCUT2D eigenvalue weighted by atomic mass is 16.2. The standard InChI is InChI=1S/C13H18N2O/c14-8-4-5-9-15-12(10-13(15)16)11-6-2-1-3-7-11/h1-3,6-7,12H,4-5,8-10,14H2. The Morgan fingerprint density at radius 1 is 1.25 bits per heavy atom. The molecule has 16 heavy (non-hydrogen) atoms. The highest BCUT2D eigenvalue weighted by Crippen LogP contribution is 2.34. The molecule has 1 fully saturated rings. The molecule has 3 nitrogen and oxygen atoms in total. The van der Waals surface area contributed by atoms with Gasteiger partial charge in [-0.2, -0.15) is 0 Å². The Morgan fingerprint density at radius 3 is 2.62 bits per heavy atom. The van der Waals surface area contributed by atoms with Crippen LogP contribution in [-0.4, -0.2) is 23.9 Å². The fourth-order valence-electron chi connectivity index (χ4n) is 2.13. The average molecular weight is 218 g/mol. The van der Waals surface area contributed by atoms with Gasteiger partial charge >= 0.3 is 0 Å². The van der Waals surface area contributed by atoms with E-state index >= 15 is 0 Å². The van der Waals surface area contributed by atoms with Gasteiger partial charge in [0.2, 0.25) is 5.91 Å². The van der Waals surface area contributed by atoms with Crippen molar-refractivity contribution in [3.8, 4) is 0 Å². The van der Waals surface area contributed by atoms with Gasteiger partial charge in [0, 0.05) is 6.54 Å². The first-order valence-electron chi connectivity index (χ1n) is 5.87. The van der Waals surface area contributed by atoms with E-state index in [1.54, 1.807) is 0 Å². The normalized spacial score (nSPS) is 19.7. The van der Waals surface area contributed by atoms with Crippen LogP contribution in [0.15, 0.2) is 30.3 Å². The first-order chi connectivity index (χ1) is 7.83. The largest absolute Gasteiger partial charge is 0.335 e. The lowest BCUT2D eigenvalue weighted by molar-refractivity contribution is -0.146. The van der Waals surface area contributed by atoms with Gasteiger partial charge in [-0.3, -0.25) is 4.79 Å². The lowest BCUT2D eigenvalue weighted by atomic mass is 9.93. The number of hydrogen-bond acceptors (Lipinski definition) is 2. The Bertz CT molecular complexity index is 350. The summed E-state index contributed by atoms with van der Waals surface area (Å²) in [7, 11) is 0. The van der Waals surface area contributed by atoms with Crippen LogP contribution in [0.3, 0.4) is 0 Å². The summed E-state index contributed by atoms with van der Waals surface area (Å²) in [4.78, 5) is 13.5. The third kappa shape index (κ3) is 2.25. The highest BCUT2D eigenvalue weighted by molar-refractivity contribution is 5.83. The first-order valence-corrected chi connectivity index (χ1v) is 5.87. The van der Waals surface area contributed by atoms with Crippen molar-refractivity contribution in [1.82, 2.24) is 4.90 Å². The molecular formula is C13H18N2O. The minimum absolute atomic E-state index is 0.269. The van der Waals surface area contributed by atoms with Gasteiger partial charge in [0.15, 0.2) is 0 Å². The van der Waals surface area contributed by atoms with Crippen LogP contribution in [0.2, 0.25) is 0 Å². The Balaban J connectivity index is 1.94. The topological polar surface area (TPSA) is 46.3 Å². The Labute approximate surface area is 96.2 Å². The van der Waals surface area contributed by atoms with Gasteiger partial charge < -0.3 is 10.6 Å². The number of unbranched alkanes of at least 4 members (excludes halogenated alkanes) is 1. The summed E-state index contributed by atoms with van der Waals surface area (Å²) in [5, 5.41) is 0. The molecule has 1 amide bonds. The van der Waals surface area contributed by atoms with E-state index < -0.39 is 0 Å². The number of carbonyl (C=O) groups excluding carboxylic acids is 1. The Morgan fingerprint density at radius 2 is 2.00 bits per heavy atom. The molecule has 0 bridgehead atoms. The number of likely N-dealkylation sites (tertiary alicyclic amines) is 1. The highest BCUT2D eigenvalue weighted by Gasteiger charge is 2.36. The number of rotatable bonds is 5. The van der Waals surface area contributed by atoms with E-state index in [1.165, 1.54) is 5.56 Å². The third-order valence-corrected chi connectivity index (χ3v) is 3.10. The van der Waals surface area contributed by atoms with Crippen LogP contribution in [0.25, 0.3) is 0 Å². The maximum absolute atomic E-state index is 11.5. The Hall–Kier alpha value is -1.35. The van der Waals surface area contributed by atoms with E-state index in [-0.39, 0.29) is 5.91 Å². The zero-order valence-electron chi connectivity index (χ0n) is 9.43. The summed E-state index contributed by atoms with van der Waals surface area (Å²) >= 11 is 0. The second-order valence-corrected chi connectivity index (χ2v) is 4.21. The van der Waals surface area contributed by atoms with E-state index in [0.29, 0.717) is 19.0 Å². The van der Waals surface area contributed by atoms with Gasteiger partial charge in [-0.25, -0.2) is 0 Å². The summed E-state index contributed by atoms with van der Waals surface area (Å²) < 4.78 is 0. The van der Waals surface area contributed by atoms with Crippen LogP contribution in [0.1, 0.15) is 30.9 Å². The number of amides is 1. The molecule has 0 saturated carbocycles. The molecule has 1 aliphatic heterocycles. The number of nitrogens with two attached hydrogens (primary N) is 1. The summed E-state index contributed by atoms with van der Waals surface area (Å²) in [5.74, 6) is 0.269. The molecule has 2 rings (SSSR count). The second kappa shape index (κ2) is 5.12. The molecule has 0 aromatic heterocycles. The van der Waals surface area contributed by atoms with Crippen molar-refractivity contribution >= 4 is 5.91 Å². The SMILES string of the molecule is NCCCCN1C(=O)CC1c1ccccc1. The minimum Gasteiger partial charge on any atom is -0.335 e. The van der Waals surface area contributed by atoms with E-state index in [0.717, 1.165) is 19.4 Å². The van der Waals surface area contributed by atoms with Gasteiger partial charge in [0.1, 0.15) is 0 Å². The number of nitrogens with zero attached hydrogens (tertiary/aromatic N) is 1. The molecule has 0 radical (unpaired) electrons. The maximum atomic E-state index is 11.5. The van der Waals surface area contributed by atoms with Crippen molar-refractivity contribution in [3.63, 3.8) is 0 Å². The number of hydrogen-bond donors (Lipinski definition) is 1. The minimum atomic E-state index is 0.269. The summed E-state index contributed by atoms with van der Waals surface area (Å²) in [6.45, 7) is 1.55. The smallest absolute Gasteiger partial charge is 0.225 e. The van der Waals surface area contributed by atoms with E-state index in [4.69, 9.17) is 5.73 Å². The van der Waals surface area contributed by atoms with Gasteiger partial charge in [-0.1, -0.05) is 30.3 Å². The van der Waals surface area contributed by atoms with Crippen LogP contribution < -0.4 is 5.73 Å². The van der Waals surface area contributed by atoms with Crippen LogP contribution in [0.4, 0.5) is 0 Å². The van der Waals surface area contributed by atoms with Crippen molar-refractivity contribution in [3.05, 3.63) is 35.9 Å². The van der Waals surface area contributed by atoms with Crippen LogP contribution >= 0.6 is 0 Å². The van der Waals surface area contributed by atoms with Gasteiger partial charge in [0.25, 0.3) is 0 Å². The monoisotopic (exact) mass is 218 g/mol. The zero-order valence-corrected chi connectivity index (χ0v) is 9.43. The van der Waals surface area contributed by atoms with Crippen molar-refractivity contribution in [2.45, 2.75) is 25.3 Å². The molecule has 1 aliphatic rings. The van der Waals surface area contributed by atoms with Crippen molar-refractivity contribution in [1.29, 1.82) is 0 Å². The summed E-state index contributed by atoms with van der Waals surface area (Å²) in [5.41, 5.74) is 6.70. The maximum Gasteiger partial charge on any atom is 0.225 e.